The molecule has 2 rings (SSSR count). The smallest absolute Gasteiger partial charge is 0.255 e. The highest BCUT2D eigenvalue weighted by atomic mass is 79.9. The van der Waals surface area contributed by atoms with Gasteiger partial charge in [0.05, 0.1) is 5.56 Å². The highest BCUT2D eigenvalue weighted by Crippen LogP contribution is 2.18. The third-order valence-electron chi connectivity index (χ3n) is 3.05. The monoisotopic (exact) mass is 351 g/mol. The van der Waals surface area contributed by atoms with Crippen molar-refractivity contribution in [2.24, 2.45) is 0 Å². The molecule has 110 valence electrons. The summed E-state index contributed by atoms with van der Waals surface area (Å²) in [6.45, 7) is 0. The molecule has 0 saturated carbocycles. The summed E-state index contributed by atoms with van der Waals surface area (Å²) in [6, 6.07) is 12.9. The highest BCUT2D eigenvalue weighted by molar-refractivity contribution is 9.09. The average Bonchev–Trinajstić information content (AvgIpc) is 2.50. The molecule has 0 aromatic heterocycles. The van der Waals surface area contributed by atoms with Crippen LogP contribution in [0.15, 0.2) is 48.5 Å². The lowest BCUT2D eigenvalue weighted by Crippen LogP contribution is -2.37. The first-order valence-corrected chi connectivity index (χ1v) is 7.61. The van der Waals surface area contributed by atoms with Gasteiger partial charge in [-0.1, -0.05) is 46.3 Å². The van der Waals surface area contributed by atoms with Gasteiger partial charge in [-0.05, 0) is 30.2 Å². The van der Waals surface area contributed by atoms with E-state index in [2.05, 4.69) is 21.2 Å². The molecule has 0 aliphatic rings. The van der Waals surface area contributed by atoms with Crippen molar-refractivity contribution < 1.29 is 14.3 Å². The van der Waals surface area contributed by atoms with Crippen LogP contribution in [-0.4, -0.2) is 22.4 Å². The number of nitrogens with one attached hydrogen (secondary N) is 1. The van der Waals surface area contributed by atoms with Crippen LogP contribution in [0.4, 0.5) is 4.39 Å². The predicted octanol–water partition coefficient (Wildman–Crippen LogP) is 3.27. The zero-order valence-electron chi connectivity index (χ0n) is 11.2. The van der Waals surface area contributed by atoms with Gasteiger partial charge in [0.1, 0.15) is 11.6 Å². The van der Waals surface area contributed by atoms with Crippen molar-refractivity contribution in [3.63, 3.8) is 0 Å². The quantitative estimate of drug-likeness (QED) is 0.812. The minimum absolute atomic E-state index is 0.0611. The van der Waals surface area contributed by atoms with E-state index in [9.17, 15) is 14.3 Å². The van der Waals surface area contributed by atoms with Gasteiger partial charge in [-0.2, -0.15) is 0 Å². The number of carbonyl (C=O) groups excluding carboxylic acids is 1. The number of hydrogen-bond donors (Lipinski definition) is 2. The van der Waals surface area contributed by atoms with Gasteiger partial charge in [-0.15, -0.1) is 0 Å². The van der Waals surface area contributed by atoms with Crippen molar-refractivity contribution in [1.29, 1.82) is 0 Å². The lowest BCUT2D eigenvalue weighted by atomic mass is 10.1. The van der Waals surface area contributed by atoms with Crippen LogP contribution in [0, 0.1) is 5.82 Å². The minimum Gasteiger partial charge on any atom is -0.507 e. The maximum atomic E-state index is 13.2. The molecule has 0 bridgehead atoms. The maximum Gasteiger partial charge on any atom is 0.255 e. The normalized spacial score (nSPS) is 11.9. The van der Waals surface area contributed by atoms with Gasteiger partial charge in [0.2, 0.25) is 0 Å². The van der Waals surface area contributed by atoms with E-state index in [4.69, 9.17) is 0 Å². The van der Waals surface area contributed by atoms with Gasteiger partial charge in [0.25, 0.3) is 5.91 Å². The Morgan fingerprint density at radius 1 is 1.24 bits per heavy atom. The fourth-order valence-electron chi connectivity index (χ4n) is 2.00. The molecule has 0 aliphatic heterocycles. The van der Waals surface area contributed by atoms with Gasteiger partial charge in [0.15, 0.2) is 0 Å². The molecule has 3 nitrogen and oxygen atoms in total. The van der Waals surface area contributed by atoms with Crippen LogP contribution >= 0.6 is 15.9 Å². The van der Waals surface area contributed by atoms with Crippen molar-refractivity contribution in [3.05, 3.63) is 65.5 Å². The van der Waals surface area contributed by atoms with Gasteiger partial charge >= 0.3 is 0 Å². The molecule has 21 heavy (non-hydrogen) atoms. The van der Waals surface area contributed by atoms with Crippen molar-refractivity contribution in [1.82, 2.24) is 5.32 Å². The maximum absolute atomic E-state index is 13.2. The summed E-state index contributed by atoms with van der Waals surface area (Å²) in [5, 5.41) is 13.0. The van der Waals surface area contributed by atoms with Crippen molar-refractivity contribution in [2.75, 3.05) is 5.33 Å². The Bertz CT molecular complexity index is 619. The number of halogens is 2. The number of carbonyl (C=O) groups is 1. The zero-order chi connectivity index (χ0) is 15.2. The Morgan fingerprint density at radius 2 is 1.95 bits per heavy atom. The fraction of sp³-hybridized carbons (Fsp3) is 0.188. The number of aromatic hydroxyl groups is 1. The van der Waals surface area contributed by atoms with E-state index in [1.165, 1.54) is 6.07 Å². The lowest BCUT2D eigenvalue weighted by molar-refractivity contribution is 0.0938. The van der Waals surface area contributed by atoms with Crippen LogP contribution in [-0.2, 0) is 6.42 Å². The van der Waals surface area contributed by atoms with Crippen LogP contribution < -0.4 is 5.32 Å². The number of benzene rings is 2. The van der Waals surface area contributed by atoms with Crippen LogP contribution in [0.3, 0.4) is 0 Å². The summed E-state index contributed by atoms with van der Waals surface area (Å²) in [4.78, 5) is 12.1. The second-order valence-electron chi connectivity index (χ2n) is 4.68. The van der Waals surface area contributed by atoms with Crippen LogP contribution in [0.25, 0.3) is 0 Å². The molecule has 0 saturated heterocycles. The van der Waals surface area contributed by atoms with E-state index in [-0.39, 0.29) is 17.4 Å². The molecule has 1 unspecified atom stereocenters. The van der Waals surface area contributed by atoms with Crippen LogP contribution in [0.2, 0.25) is 0 Å². The molecule has 5 heteroatoms. The molecule has 1 amide bonds. The topological polar surface area (TPSA) is 49.3 Å². The van der Waals surface area contributed by atoms with Crippen LogP contribution in [0.1, 0.15) is 15.9 Å². The highest BCUT2D eigenvalue weighted by Gasteiger charge is 2.16. The number of phenolic OH excluding ortho intramolecular Hbond substituents is 1. The second-order valence-corrected chi connectivity index (χ2v) is 5.32. The Labute approximate surface area is 130 Å². The molecule has 0 radical (unpaired) electrons. The summed E-state index contributed by atoms with van der Waals surface area (Å²) in [6.07, 6.45) is 0.647. The molecule has 1 atom stereocenters. The van der Waals surface area contributed by atoms with E-state index in [1.807, 2.05) is 30.3 Å². The molecule has 0 heterocycles. The van der Waals surface area contributed by atoms with Crippen molar-refractivity contribution in [3.8, 4) is 5.75 Å². The molecule has 0 aliphatic carbocycles. The summed E-state index contributed by atoms with van der Waals surface area (Å²) in [5.74, 6) is -1.29. The lowest BCUT2D eigenvalue weighted by Gasteiger charge is -2.17. The minimum atomic E-state index is -0.559. The Balaban J connectivity index is 2.07. The molecule has 2 N–H and O–H groups in total. The second kappa shape index (κ2) is 7.22. The number of rotatable bonds is 5. The first-order chi connectivity index (χ1) is 10.1. The van der Waals surface area contributed by atoms with E-state index >= 15 is 0 Å². The van der Waals surface area contributed by atoms with Crippen LogP contribution in [0.5, 0.6) is 5.75 Å². The van der Waals surface area contributed by atoms with E-state index in [1.54, 1.807) is 0 Å². The Hall–Kier alpha value is -1.88. The molecule has 2 aromatic rings. The number of hydrogen-bond acceptors (Lipinski definition) is 2. The van der Waals surface area contributed by atoms with Gasteiger partial charge in [-0.3, -0.25) is 4.79 Å². The van der Waals surface area contributed by atoms with E-state index < -0.39 is 11.7 Å². The molecule has 2 aromatic carbocycles. The fourth-order valence-corrected chi connectivity index (χ4v) is 2.39. The molecular weight excluding hydrogens is 337 g/mol. The molecule has 0 spiro atoms. The van der Waals surface area contributed by atoms with Crippen molar-refractivity contribution >= 4 is 21.8 Å². The summed E-state index contributed by atoms with van der Waals surface area (Å²) in [5.41, 5.74) is 1.03. The summed E-state index contributed by atoms with van der Waals surface area (Å²) < 4.78 is 13.2. The van der Waals surface area contributed by atoms with Gasteiger partial charge < -0.3 is 10.4 Å². The molecular formula is C16H15BrFNO2. The third-order valence-corrected chi connectivity index (χ3v) is 3.83. The number of phenols is 1. The summed E-state index contributed by atoms with van der Waals surface area (Å²) >= 11 is 3.36. The number of alkyl halides is 1. The predicted molar refractivity (Wildman–Crippen MR) is 83.3 cm³/mol. The average molecular weight is 352 g/mol. The SMILES string of the molecule is O=C(NC(CBr)Cc1ccccc1)c1cc(F)ccc1O. The Kier molecular flexibility index (Phi) is 5.33. The third kappa shape index (κ3) is 4.29. The molecule has 0 fully saturated rings. The largest absolute Gasteiger partial charge is 0.507 e. The van der Waals surface area contributed by atoms with Gasteiger partial charge in [-0.25, -0.2) is 4.39 Å². The Morgan fingerprint density at radius 3 is 2.62 bits per heavy atom. The van der Waals surface area contributed by atoms with Gasteiger partial charge in [0, 0.05) is 11.4 Å². The summed E-state index contributed by atoms with van der Waals surface area (Å²) in [7, 11) is 0. The zero-order valence-corrected chi connectivity index (χ0v) is 12.8. The van der Waals surface area contributed by atoms with E-state index in [0.29, 0.717) is 11.8 Å². The first kappa shape index (κ1) is 15.5. The first-order valence-electron chi connectivity index (χ1n) is 6.49. The van der Waals surface area contributed by atoms with Crippen molar-refractivity contribution in [2.45, 2.75) is 12.5 Å². The number of amides is 1. The van der Waals surface area contributed by atoms with E-state index in [0.717, 1.165) is 17.7 Å². The standard InChI is InChI=1S/C16H15BrFNO2/c17-10-13(8-11-4-2-1-3-5-11)19-16(21)14-9-12(18)6-7-15(14)20/h1-7,9,13,20H,8,10H2,(H,19,21).